The maximum Gasteiger partial charge on any atom is 0.289 e. The van der Waals surface area contributed by atoms with E-state index in [4.69, 9.17) is 16.0 Å². The molecule has 1 amide bonds. The summed E-state index contributed by atoms with van der Waals surface area (Å²) in [5.41, 5.74) is 0.699. The van der Waals surface area contributed by atoms with Gasteiger partial charge in [0.1, 0.15) is 5.58 Å². The average Bonchev–Trinajstić information content (AvgIpc) is 2.72. The van der Waals surface area contributed by atoms with Gasteiger partial charge in [0.2, 0.25) is 0 Å². The number of fused-ring (bicyclic) bond motifs is 1. The van der Waals surface area contributed by atoms with E-state index in [1.165, 1.54) is 0 Å². The number of benzene rings is 1. The Bertz CT molecular complexity index is 638. The third-order valence-corrected chi connectivity index (χ3v) is 3.93. The minimum Gasteiger partial charge on any atom is -0.451 e. The summed E-state index contributed by atoms with van der Waals surface area (Å²) in [5.74, 6) is 0.361. The first-order valence-electron chi connectivity index (χ1n) is 6.80. The molecule has 0 atom stereocenters. The van der Waals surface area contributed by atoms with Gasteiger partial charge in [0.15, 0.2) is 5.76 Å². The predicted molar refractivity (Wildman–Crippen MR) is 79.2 cm³/mol. The van der Waals surface area contributed by atoms with Crippen molar-refractivity contribution < 1.29 is 9.21 Å². The second-order valence-electron chi connectivity index (χ2n) is 5.24. The summed E-state index contributed by atoms with van der Waals surface area (Å²) in [5, 5.41) is 1.52. The van der Waals surface area contributed by atoms with Crippen LogP contribution in [0.15, 0.2) is 28.7 Å². The van der Waals surface area contributed by atoms with Crippen molar-refractivity contribution in [2.45, 2.75) is 6.42 Å². The van der Waals surface area contributed by atoms with E-state index in [0.29, 0.717) is 16.4 Å². The minimum absolute atomic E-state index is 0.0346. The number of hydrogen-bond acceptors (Lipinski definition) is 3. The molecule has 2 aromatic rings. The van der Waals surface area contributed by atoms with Gasteiger partial charge >= 0.3 is 0 Å². The van der Waals surface area contributed by atoms with Crippen LogP contribution in [0.4, 0.5) is 0 Å². The van der Waals surface area contributed by atoms with Crippen molar-refractivity contribution in [2.75, 3.05) is 33.2 Å². The number of furan rings is 1. The Kier molecular flexibility index (Phi) is 3.68. The molecule has 1 saturated heterocycles. The Morgan fingerprint density at radius 3 is 2.90 bits per heavy atom. The molecule has 5 heteroatoms. The molecule has 0 bridgehead atoms. The van der Waals surface area contributed by atoms with Gasteiger partial charge in [-0.25, -0.2) is 0 Å². The molecular formula is C15H17ClN2O2. The van der Waals surface area contributed by atoms with Crippen LogP contribution in [-0.4, -0.2) is 48.9 Å². The highest BCUT2D eigenvalue weighted by molar-refractivity contribution is 6.31. The van der Waals surface area contributed by atoms with Crippen molar-refractivity contribution in [1.29, 1.82) is 0 Å². The van der Waals surface area contributed by atoms with E-state index in [0.717, 1.165) is 38.0 Å². The summed E-state index contributed by atoms with van der Waals surface area (Å²) in [6, 6.07) is 7.15. The van der Waals surface area contributed by atoms with Gasteiger partial charge in [-0.05, 0) is 44.3 Å². The molecule has 1 aliphatic heterocycles. The zero-order valence-electron chi connectivity index (χ0n) is 11.4. The van der Waals surface area contributed by atoms with Gasteiger partial charge in [0.25, 0.3) is 5.91 Å². The van der Waals surface area contributed by atoms with Gasteiger partial charge in [-0.2, -0.15) is 0 Å². The first-order valence-corrected chi connectivity index (χ1v) is 7.18. The second-order valence-corrected chi connectivity index (χ2v) is 5.68. The van der Waals surface area contributed by atoms with Gasteiger partial charge in [0.05, 0.1) is 0 Å². The Labute approximate surface area is 122 Å². The normalized spacial score (nSPS) is 17.4. The number of likely N-dealkylation sites (N-methyl/N-ethyl adjacent to an activating group) is 1. The Hall–Kier alpha value is -1.52. The fraction of sp³-hybridized carbons (Fsp3) is 0.400. The van der Waals surface area contributed by atoms with Gasteiger partial charge in [-0.15, -0.1) is 0 Å². The summed E-state index contributed by atoms with van der Waals surface area (Å²) in [6.07, 6.45) is 0.994. The van der Waals surface area contributed by atoms with Crippen molar-refractivity contribution in [1.82, 2.24) is 9.80 Å². The summed E-state index contributed by atoms with van der Waals surface area (Å²) in [7, 11) is 2.08. The van der Waals surface area contributed by atoms with Crippen LogP contribution in [0.2, 0.25) is 5.02 Å². The zero-order chi connectivity index (χ0) is 14.1. The van der Waals surface area contributed by atoms with Crippen LogP contribution in [-0.2, 0) is 0 Å². The van der Waals surface area contributed by atoms with E-state index in [1.54, 1.807) is 18.2 Å². The molecule has 2 heterocycles. The molecule has 20 heavy (non-hydrogen) atoms. The first-order chi connectivity index (χ1) is 9.63. The summed E-state index contributed by atoms with van der Waals surface area (Å²) in [6.45, 7) is 3.45. The lowest BCUT2D eigenvalue weighted by molar-refractivity contribution is 0.0733. The van der Waals surface area contributed by atoms with E-state index in [1.807, 2.05) is 11.0 Å². The van der Waals surface area contributed by atoms with Crippen LogP contribution >= 0.6 is 11.6 Å². The lowest BCUT2D eigenvalue weighted by atomic mass is 10.2. The molecule has 4 nitrogen and oxygen atoms in total. The summed E-state index contributed by atoms with van der Waals surface area (Å²) < 4.78 is 5.64. The van der Waals surface area contributed by atoms with Gasteiger partial charge in [-0.3, -0.25) is 4.79 Å². The topological polar surface area (TPSA) is 36.7 Å². The van der Waals surface area contributed by atoms with Crippen LogP contribution in [0, 0.1) is 0 Å². The van der Waals surface area contributed by atoms with Gasteiger partial charge in [-0.1, -0.05) is 11.6 Å². The van der Waals surface area contributed by atoms with Gasteiger partial charge < -0.3 is 14.2 Å². The second kappa shape index (κ2) is 5.46. The lowest BCUT2D eigenvalue weighted by Gasteiger charge is -2.18. The van der Waals surface area contributed by atoms with E-state index in [-0.39, 0.29) is 5.91 Å². The summed E-state index contributed by atoms with van der Waals surface area (Å²) >= 11 is 5.95. The SMILES string of the molecule is CN1CCCN(C(=O)c2cc3cc(Cl)ccc3o2)CC1. The molecule has 0 radical (unpaired) electrons. The van der Waals surface area contributed by atoms with Crippen molar-refractivity contribution >= 4 is 28.5 Å². The first kappa shape index (κ1) is 13.5. The number of rotatable bonds is 1. The Morgan fingerprint density at radius 1 is 1.20 bits per heavy atom. The van der Waals surface area contributed by atoms with Crippen molar-refractivity contribution in [3.8, 4) is 0 Å². The number of carbonyl (C=O) groups excluding carboxylic acids is 1. The number of halogens is 1. The number of hydrogen-bond donors (Lipinski definition) is 0. The Morgan fingerprint density at radius 2 is 2.05 bits per heavy atom. The summed E-state index contributed by atoms with van der Waals surface area (Å²) in [4.78, 5) is 16.6. The molecule has 0 unspecified atom stereocenters. The van der Waals surface area contributed by atoms with E-state index >= 15 is 0 Å². The molecular weight excluding hydrogens is 276 g/mol. The van der Waals surface area contributed by atoms with E-state index in [2.05, 4.69) is 11.9 Å². The van der Waals surface area contributed by atoms with Gasteiger partial charge in [0, 0.05) is 30.0 Å². The molecule has 0 saturated carbocycles. The highest BCUT2D eigenvalue weighted by Gasteiger charge is 2.21. The molecule has 0 spiro atoms. The predicted octanol–water partition coefficient (Wildman–Crippen LogP) is 2.86. The zero-order valence-corrected chi connectivity index (χ0v) is 12.2. The van der Waals surface area contributed by atoms with Crippen LogP contribution in [0.3, 0.4) is 0 Å². The largest absolute Gasteiger partial charge is 0.451 e. The maximum atomic E-state index is 12.5. The van der Waals surface area contributed by atoms with Crippen LogP contribution in [0.25, 0.3) is 11.0 Å². The van der Waals surface area contributed by atoms with Crippen molar-refractivity contribution in [2.24, 2.45) is 0 Å². The smallest absolute Gasteiger partial charge is 0.289 e. The van der Waals surface area contributed by atoms with Crippen LogP contribution in [0.5, 0.6) is 0 Å². The molecule has 1 aromatic carbocycles. The quantitative estimate of drug-likeness (QED) is 0.811. The van der Waals surface area contributed by atoms with Crippen molar-refractivity contribution in [3.05, 3.63) is 35.0 Å². The van der Waals surface area contributed by atoms with Crippen LogP contribution in [0.1, 0.15) is 17.0 Å². The molecule has 1 aromatic heterocycles. The fourth-order valence-electron chi connectivity index (χ4n) is 2.53. The molecule has 1 aliphatic rings. The Balaban J connectivity index is 1.84. The molecule has 3 rings (SSSR count). The lowest BCUT2D eigenvalue weighted by Crippen LogP contribution is -2.34. The molecule has 106 valence electrons. The van der Waals surface area contributed by atoms with Crippen molar-refractivity contribution in [3.63, 3.8) is 0 Å². The molecule has 1 fully saturated rings. The monoisotopic (exact) mass is 292 g/mol. The van der Waals surface area contributed by atoms with E-state index in [9.17, 15) is 4.79 Å². The number of nitrogens with zero attached hydrogens (tertiary/aromatic N) is 2. The third kappa shape index (κ3) is 2.67. The molecule has 0 aliphatic carbocycles. The standard InChI is InChI=1S/C15H17ClN2O2/c1-17-5-2-6-18(8-7-17)15(19)14-10-11-9-12(16)3-4-13(11)20-14/h3-4,9-10H,2,5-8H2,1H3. The average molecular weight is 293 g/mol. The maximum absolute atomic E-state index is 12.5. The fourth-order valence-corrected chi connectivity index (χ4v) is 2.71. The third-order valence-electron chi connectivity index (χ3n) is 3.70. The molecule has 0 N–H and O–H groups in total. The highest BCUT2D eigenvalue weighted by Crippen LogP contribution is 2.24. The van der Waals surface area contributed by atoms with Crippen LogP contribution < -0.4 is 0 Å². The number of carbonyl (C=O) groups is 1. The minimum atomic E-state index is -0.0346. The highest BCUT2D eigenvalue weighted by atomic mass is 35.5. The number of amides is 1. The van der Waals surface area contributed by atoms with E-state index < -0.39 is 0 Å².